The van der Waals surface area contributed by atoms with Gasteiger partial charge in [-0.3, -0.25) is 11.3 Å². The number of benzene rings is 1. The lowest BCUT2D eigenvalue weighted by Gasteiger charge is -2.23. The molecule has 0 saturated heterocycles. The van der Waals surface area contributed by atoms with Gasteiger partial charge in [0.15, 0.2) is 0 Å². The van der Waals surface area contributed by atoms with Crippen molar-refractivity contribution >= 4 is 23.2 Å². The van der Waals surface area contributed by atoms with E-state index in [4.69, 9.17) is 29.0 Å². The van der Waals surface area contributed by atoms with E-state index in [2.05, 4.69) is 12.3 Å². The maximum absolute atomic E-state index is 6.01. The van der Waals surface area contributed by atoms with Crippen molar-refractivity contribution in [3.8, 4) is 0 Å². The Morgan fingerprint density at radius 1 is 1.31 bits per heavy atom. The number of rotatable bonds is 4. The first-order valence-electron chi connectivity index (χ1n) is 5.54. The minimum atomic E-state index is 0.155. The monoisotopic (exact) mass is 258 g/mol. The van der Waals surface area contributed by atoms with Crippen LogP contribution < -0.4 is 11.3 Å². The molecule has 0 spiro atoms. The molecule has 0 heterocycles. The van der Waals surface area contributed by atoms with Gasteiger partial charge in [-0.2, -0.15) is 0 Å². The number of nitrogens with one attached hydrogen (secondary N) is 1. The second-order valence-corrected chi connectivity index (χ2v) is 5.33. The maximum Gasteiger partial charge on any atom is 0.0595 e. The third kappa shape index (κ3) is 2.51. The molecule has 1 aliphatic carbocycles. The Bertz CT molecular complexity index is 377. The molecule has 16 heavy (non-hydrogen) atoms. The molecule has 2 atom stereocenters. The molecule has 0 radical (unpaired) electrons. The molecule has 1 fully saturated rings. The zero-order valence-electron chi connectivity index (χ0n) is 9.21. The Morgan fingerprint density at radius 2 is 2.00 bits per heavy atom. The van der Waals surface area contributed by atoms with Crippen LogP contribution in [0.25, 0.3) is 0 Å². The minimum absolute atomic E-state index is 0.155. The fourth-order valence-corrected chi connectivity index (χ4v) is 2.46. The summed E-state index contributed by atoms with van der Waals surface area (Å²) in [6, 6.07) is 5.86. The van der Waals surface area contributed by atoms with Gasteiger partial charge in [-0.1, -0.05) is 36.2 Å². The summed E-state index contributed by atoms with van der Waals surface area (Å²) in [5.41, 5.74) is 3.99. The van der Waals surface area contributed by atoms with Crippen LogP contribution in [-0.4, -0.2) is 0 Å². The smallest absolute Gasteiger partial charge is 0.0595 e. The van der Waals surface area contributed by atoms with E-state index in [1.165, 1.54) is 12.8 Å². The summed E-state index contributed by atoms with van der Waals surface area (Å²) >= 11 is 11.9. The topological polar surface area (TPSA) is 38.0 Å². The van der Waals surface area contributed by atoms with Gasteiger partial charge < -0.3 is 0 Å². The molecule has 0 aromatic heterocycles. The van der Waals surface area contributed by atoms with Crippen molar-refractivity contribution in [1.82, 2.24) is 5.43 Å². The van der Waals surface area contributed by atoms with E-state index in [0.717, 1.165) is 11.5 Å². The van der Waals surface area contributed by atoms with Crippen LogP contribution >= 0.6 is 23.2 Å². The lowest BCUT2D eigenvalue weighted by atomic mass is 9.91. The van der Waals surface area contributed by atoms with Crippen LogP contribution in [0.15, 0.2) is 18.2 Å². The number of hydrogen-bond acceptors (Lipinski definition) is 2. The Balaban J connectivity index is 2.21. The highest BCUT2D eigenvalue weighted by atomic mass is 35.5. The molecule has 1 aliphatic rings. The van der Waals surface area contributed by atoms with Gasteiger partial charge in [0.05, 0.1) is 10.0 Å². The van der Waals surface area contributed by atoms with E-state index >= 15 is 0 Å². The molecule has 4 heteroatoms. The number of hydrogen-bond donors (Lipinski definition) is 2. The number of nitrogens with two attached hydrogens (primary N) is 1. The first-order valence-corrected chi connectivity index (χ1v) is 6.30. The zero-order valence-corrected chi connectivity index (χ0v) is 10.7. The van der Waals surface area contributed by atoms with Crippen LogP contribution in [0.4, 0.5) is 0 Å². The Kier molecular flexibility index (Phi) is 3.75. The summed E-state index contributed by atoms with van der Waals surface area (Å²) in [6.07, 6.45) is 2.61. The third-order valence-corrected chi connectivity index (χ3v) is 4.11. The SMILES string of the molecule is CC(C1CC1)C(NN)c1ccc(Cl)c(Cl)c1. The van der Waals surface area contributed by atoms with Crippen LogP contribution in [0, 0.1) is 11.8 Å². The minimum Gasteiger partial charge on any atom is -0.271 e. The van der Waals surface area contributed by atoms with Gasteiger partial charge in [0.25, 0.3) is 0 Å². The predicted octanol–water partition coefficient (Wildman–Crippen LogP) is 3.54. The molecule has 2 rings (SSSR count). The van der Waals surface area contributed by atoms with E-state index in [-0.39, 0.29) is 6.04 Å². The van der Waals surface area contributed by atoms with Crippen molar-refractivity contribution in [3.05, 3.63) is 33.8 Å². The average Bonchev–Trinajstić information content (AvgIpc) is 3.07. The normalized spacial score (nSPS) is 19.5. The van der Waals surface area contributed by atoms with Crippen molar-refractivity contribution in [2.24, 2.45) is 17.7 Å². The summed E-state index contributed by atoms with van der Waals surface area (Å²) in [7, 11) is 0. The summed E-state index contributed by atoms with van der Waals surface area (Å²) in [5.74, 6) is 6.95. The molecule has 0 amide bonds. The molecule has 3 N–H and O–H groups in total. The summed E-state index contributed by atoms with van der Waals surface area (Å²) < 4.78 is 0. The van der Waals surface area contributed by atoms with Crippen molar-refractivity contribution < 1.29 is 0 Å². The average molecular weight is 259 g/mol. The van der Waals surface area contributed by atoms with E-state index < -0.39 is 0 Å². The van der Waals surface area contributed by atoms with Crippen molar-refractivity contribution in [2.75, 3.05) is 0 Å². The van der Waals surface area contributed by atoms with Gasteiger partial charge in [-0.05, 0) is 42.4 Å². The van der Waals surface area contributed by atoms with Gasteiger partial charge in [-0.25, -0.2) is 0 Å². The largest absolute Gasteiger partial charge is 0.271 e. The van der Waals surface area contributed by atoms with E-state index in [1.807, 2.05) is 18.2 Å². The first kappa shape index (κ1) is 12.2. The summed E-state index contributed by atoms with van der Waals surface area (Å²) in [6.45, 7) is 2.23. The van der Waals surface area contributed by atoms with Crippen LogP contribution in [0.1, 0.15) is 31.4 Å². The second-order valence-electron chi connectivity index (χ2n) is 4.51. The Morgan fingerprint density at radius 3 is 2.50 bits per heavy atom. The highest BCUT2D eigenvalue weighted by Crippen LogP contribution is 2.42. The van der Waals surface area contributed by atoms with Crippen LogP contribution in [0.5, 0.6) is 0 Å². The fourth-order valence-electron chi connectivity index (χ4n) is 2.15. The second kappa shape index (κ2) is 4.92. The molecule has 1 aromatic carbocycles. The maximum atomic E-state index is 6.01. The van der Waals surface area contributed by atoms with Gasteiger partial charge in [0, 0.05) is 6.04 Å². The Labute approximate surface area is 106 Å². The molecule has 0 aliphatic heterocycles. The van der Waals surface area contributed by atoms with E-state index in [0.29, 0.717) is 16.0 Å². The number of halogens is 2. The molecule has 1 aromatic rings. The van der Waals surface area contributed by atoms with Gasteiger partial charge in [0.1, 0.15) is 0 Å². The molecule has 2 unspecified atom stereocenters. The summed E-state index contributed by atoms with van der Waals surface area (Å²) in [5, 5.41) is 1.17. The van der Waals surface area contributed by atoms with Crippen molar-refractivity contribution in [1.29, 1.82) is 0 Å². The predicted molar refractivity (Wildman–Crippen MR) is 68.4 cm³/mol. The van der Waals surface area contributed by atoms with E-state index in [9.17, 15) is 0 Å². The highest BCUT2D eigenvalue weighted by molar-refractivity contribution is 6.42. The highest BCUT2D eigenvalue weighted by Gasteiger charge is 2.33. The quantitative estimate of drug-likeness (QED) is 0.641. The first-order chi connectivity index (χ1) is 7.63. The van der Waals surface area contributed by atoms with Crippen LogP contribution in [0.2, 0.25) is 10.0 Å². The molecular weight excluding hydrogens is 243 g/mol. The third-order valence-electron chi connectivity index (χ3n) is 3.37. The van der Waals surface area contributed by atoms with Gasteiger partial charge in [-0.15, -0.1) is 0 Å². The molecule has 0 bridgehead atoms. The van der Waals surface area contributed by atoms with Crippen molar-refractivity contribution in [2.45, 2.75) is 25.8 Å². The fraction of sp³-hybridized carbons (Fsp3) is 0.500. The van der Waals surface area contributed by atoms with Gasteiger partial charge in [0.2, 0.25) is 0 Å². The summed E-state index contributed by atoms with van der Waals surface area (Å²) in [4.78, 5) is 0. The number of hydrazine groups is 1. The lowest BCUT2D eigenvalue weighted by molar-refractivity contribution is 0.354. The van der Waals surface area contributed by atoms with Crippen LogP contribution in [0.3, 0.4) is 0 Å². The van der Waals surface area contributed by atoms with Crippen molar-refractivity contribution in [3.63, 3.8) is 0 Å². The Hall–Kier alpha value is -0.280. The lowest BCUT2D eigenvalue weighted by Crippen LogP contribution is -2.33. The molecular formula is C12H16Cl2N2. The molecule has 88 valence electrons. The van der Waals surface area contributed by atoms with Crippen LogP contribution in [-0.2, 0) is 0 Å². The molecule has 1 saturated carbocycles. The van der Waals surface area contributed by atoms with E-state index in [1.54, 1.807) is 0 Å². The molecule has 2 nitrogen and oxygen atoms in total. The zero-order chi connectivity index (χ0) is 11.7. The standard InChI is InChI=1S/C12H16Cl2N2/c1-7(8-2-3-8)12(16-15)9-4-5-10(13)11(14)6-9/h4-8,12,16H,2-3,15H2,1H3. The van der Waals surface area contributed by atoms with Gasteiger partial charge >= 0.3 is 0 Å².